The molecule has 1 amide bonds. The molecule has 1 N–H and O–H groups in total. The Morgan fingerprint density at radius 2 is 1.04 bits per heavy atom. The van der Waals surface area contributed by atoms with E-state index in [0.29, 0.717) is 0 Å². The number of hydrogen-bond acceptors (Lipinski definition) is 6. The van der Waals surface area contributed by atoms with Crippen LogP contribution in [0.25, 0.3) is 0 Å². The first-order valence-corrected chi connectivity index (χ1v) is 18.4. The molecule has 0 aromatic rings. The van der Waals surface area contributed by atoms with Crippen molar-refractivity contribution >= 4 is 42.8 Å². The fraction of sp³-hybridized carbons (Fsp3) is 0.786. The second kappa shape index (κ2) is 8.05. The molecule has 0 radical (unpaired) electrons. The third-order valence-electron chi connectivity index (χ3n) is 2.38. The van der Waals surface area contributed by atoms with E-state index in [2.05, 4.69) is 0 Å². The van der Waals surface area contributed by atoms with Gasteiger partial charge in [-0.15, -0.1) is 0 Å². The van der Waals surface area contributed by atoms with Crippen LogP contribution in [0.3, 0.4) is 0 Å². The van der Waals surface area contributed by atoms with Crippen LogP contribution in [-0.4, -0.2) is 54.7 Å². The molecule has 0 unspecified atom stereocenters. The molecule has 0 aromatic heterocycles. The summed E-state index contributed by atoms with van der Waals surface area (Å²) in [5, 5.41) is 1.42. The Balaban J connectivity index is 6.40. The van der Waals surface area contributed by atoms with E-state index in [1.165, 1.54) is 5.32 Å². The number of hydrogen-bond donors (Lipinski definition) is 1. The van der Waals surface area contributed by atoms with Gasteiger partial charge in [0, 0.05) is 0 Å². The largest absolute Gasteiger partial charge is 0.516 e. The normalized spacial score (nSPS) is 13.8. The quantitative estimate of drug-likeness (QED) is 0.367. The van der Waals surface area contributed by atoms with Crippen molar-refractivity contribution in [3.8, 4) is 0 Å². The van der Waals surface area contributed by atoms with E-state index in [-0.39, 0.29) is 0 Å². The van der Waals surface area contributed by atoms with Gasteiger partial charge in [0.25, 0.3) is 0 Å². The van der Waals surface area contributed by atoms with E-state index in [4.69, 9.17) is 13.3 Å². The van der Waals surface area contributed by atoms with E-state index in [9.17, 15) is 27.6 Å². The summed E-state index contributed by atoms with van der Waals surface area (Å²) >= 11 is 0. The molecule has 0 fully saturated rings. The number of alkyl halides is 3. The van der Waals surface area contributed by atoms with Crippen molar-refractivity contribution in [1.29, 1.82) is 0 Å². The Hall–Kier alpha value is -1.19. The van der Waals surface area contributed by atoms with Crippen LogP contribution in [0.5, 0.6) is 0 Å². The summed E-state index contributed by atoms with van der Waals surface area (Å²) in [4.78, 5) is 37.2. The number of carbonyl (C=O) groups is 3. The molecular formula is C14H28F3NO6Si3. The van der Waals surface area contributed by atoms with Crippen molar-refractivity contribution in [2.45, 2.75) is 70.8 Å². The Morgan fingerprint density at radius 1 is 0.704 bits per heavy atom. The molecule has 0 spiro atoms. The number of rotatable bonds is 7. The van der Waals surface area contributed by atoms with Gasteiger partial charge in [0.15, 0.2) is 8.32 Å². The number of carbonyl (C=O) groups excluding carboxylic acids is 3. The Morgan fingerprint density at radius 3 is 1.26 bits per heavy atom. The zero-order chi connectivity index (χ0) is 22.1. The lowest BCUT2D eigenvalue weighted by Crippen LogP contribution is -2.69. The van der Waals surface area contributed by atoms with Crippen LogP contribution >= 0.6 is 0 Å². The summed E-state index contributed by atoms with van der Waals surface area (Å²) < 4.78 is 54.6. The molecule has 0 aliphatic rings. The van der Waals surface area contributed by atoms with Gasteiger partial charge in [-0.25, -0.2) is 9.59 Å². The fourth-order valence-corrected chi connectivity index (χ4v) is 4.22. The smallest absolute Gasteiger partial charge is 0.471 e. The summed E-state index contributed by atoms with van der Waals surface area (Å²) in [5.74, 6) is -5.32. The first kappa shape index (κ1) is 25.8. The summed E-state index contributed by atoms with van der Waals surface area (Å²) in [5.41, 5.74) is -3.02. The maximum atomic E-state index is 12.9. The highest BCUT2D eigenvalue weighted by molar-refractivity contribution is 6.73. The zero-order valence-electron chi connectivity index (χ0n) is 17.1. The first-order valence-electron chi connectivity index (χ1n) is 8.15. The molecule has 0 aliphatic heterocycles. The zero-order valence-corrected chi connectivity index (χ0v) is 20.1. The molecule has 27 heavy (non-hydrogen) atoms. The average molecular weight is 448 g/mol. The summed E-state index contributed by atoms with van der Waals surface area (Å²) in [6, 6.07) is 0. The van der Waals surface area contributed by atoms with Crippen molar-refractivity contribution in [3.05, 3.63) is 0 Å². The molecule has 13 heteroatoms. The van der Waals surface area contributed by atoms with E-state index in [1.54, 1.807) is 58.9 Å². The number of halogens is 3. The molecule has 0 saturated carbocycles. The molecule has 7 nitrogen and oxygen atoms in total. The van der Waals surface area contributed by atoms with Gasteiger partial charge in [-0.3, -0.25) is 4.79 Å². The van der Waals surface area contributed by atoms with Gasteiger partial charge in [0.2, 0.25) is 16.6 Å². The predicted molar refractivity (Wildman–Crippen MR) is 100 cm³/mol. The lowest BCUT2D eigenvalue weighted by atomic mass is 10.2. The van der Waals surface area contributed by atoms with E-state index in [0.717, 1.165) is 0 Å². The first-order chi connectivity index (χ1) is 11.6. The predicted octanol–water partition coefficient (Wildman–Crippen LogP) is 2.97. The van der Waals surface area contributed by atoms with Crippen molar-refractivity contribution in [1.82, 2.24) is 5.32 Å². The topological polar surface area (TPSA) is 90.9 Å². The molecule has 0 saturated heterocycles. The van der Waals surface area contributed by atoms with Gasteiger partial charge in [-0.1, -0.05) is 0 Å². The molecule has 0 bridgehead atoms. The Bertz CT molecular complexity index is 563. The van der Waals surface area contributed by atoms with Crippen LogP contribution < -0.4 is 5.32 Å². The van der Waals surface area contributed by atoms with Crippen LogP contribution in [-0.2, 0) is 27.7 Å². The molecule has 158 valence electrons. The lowest BCUT2D eigenvalue weighted by Gasteiger charge is -2.38. The van der Waals surface area contributed by atoms with E-state index < -0.39 is 54.7 Å². The van der Waals surface area contributed by atoms with Gasteiger partial charge < -0.3 is 18.6 Å². The van der Waals surface area contributed by atoms with Crippen LogP contribution in [0.4, 0.5) is 13.2 Å². The highest BCUT2D eigenvalue weighted by Crippen LogP contribution is 2.26. The second-order valence-electron chi connectivity index (χ2n) is 8.85. The van der Waals surface area contributed by atoms with Gasteiger partial charge in [-0.2, -0.15) is 13.2 Å². The molecule has 0 atom stereocenters. The third kappa shape index (κ3) is 9.03. The number of nitrogens with one attached hydrogen (secondary N) is 1. The van der Waals surface area contributed by atoms with Crippen LogP contribution in [0.1, 0.15) is 0 Å². The summed E-state index contributed by atoms with van der Waals surface area (Å²) in [7, 11) is -8.15. The molecule has 0 rings (SSSR count). The summed E-state index contributed by atoms with van der Waals surface area (Å²) in [6.45, 7) is 14.2. The molecule has 0 heterocycles. The van der Waals surface area contributed by atoms with Crippen molar-refractivity contribution < 1.29 is 40.8 Å². The minimum absolute atomic E-state index is 1.41. The minimum Gasteiger partial charge on any atom is -0.516 e. The number of amides is 1. The van der Waals surface area contributed by atoms with Crippen LogP contribution in [0, 0.1) is 0 Å². The minimum atomic E-state index is -5.34. The molecule has 0 aliphatic carbocycles. The highest BCUT2D eigenvalue weighted by Gasteiger charge is 2.58. The van der Waals surface area contributed by atoms with Gasteiger partial charge in [-0.05, 0) is 58.9 Å². The van der Waals surface area contributed by atoms with Gasteiger partial charge in [0.05, 0.1) is 0 Å². The monoisotopic (exact) mass is 447 g/mol. The van der Waals surface area contributed by atoms with Gasteiger partial charge >= 0.3 is 29.7 Å². The fourth-order valence-electron chi connectivity index (χ4n) is 1.68. The maximum Gasteiger partial charge on any atom is 0.471 e. The SMILES string of the molecule is C[Si](C)(C)OC(=O)C(NC(=O)C(F)(F)F)(O[Si](C)(C)C)C(=O)O[Si](C)(C)C. The summed E-state index contributed by atoms with van der Waals surface area (Å²) in [6.07, 6.45) is -5.34. The van der Waals surface area contributed by atoms with Crippen molar-refractivity contribution in [3.63, 3.8) is 0 Å². The van der Waals surface area contributed by atoms with Crippen LogP contribution in [0.15, 0.2) is 0 Å². The Kier molecular flexibility index (Phi) is 7.69. The highest BCUT2D eigenvalue weighted by atomic mass is 28.4. The third-order valence-corrected chi connectivity index (χ3v) is 4.89. The standard InChI is InChI=1S/C14H28F3NO6Si3/c1-25(2,3)22-11(20)13(24-27(7,8)9,12(21)23-26(4,5)6)18-10(19)14(15,16)17/h1-9H3,(H,18,19). The van der Waals surface area contributed by atoms with Crippen molar-refractivity contribution in [2.75, 3.05) is 0 Å². The molecular weight excluding hydrogens is 419 g/mol. The maximum absolute atomic E-state index is 12.9. The lowest BCUT2D eigenvalue weighted by molar-refractivity contribution is -0.190. The Labute approximate surface area is 160 Å². The molecule has 0 aromatic carbocycles. The van der Waals surface area contributed by atoms with E-state index in [1.807, 2.05) is 0 Å². The second-order valence-corrected chi connectivity index (χ2v) is 22.1. The van der Waals surface area contributed by atoms with Gasteiger partial charge in [0.1, 0.15) is 0 Å². The van der Waals surface area contributed by atoms with Crippen LogP contribution in [0.2, 0.25) is 58.9 Å². The van der Waals surface area contributed by atoms with Crippen molar-refractivity contribution in [2.24, 2.45) is 0 Å². The average Bonchev–Trinajstić information content (AvgIpc) is 2.30. The van der Waals surface area contributed by atoms with E-state index >= 15 is 0 Å².